The largest absolute Gasteiger partial charge is 0.358 e. The SMILES string of the molecule is Cn1cc2c(C3CC3CNC=O)c(Cl)ccc2n1. The van der Waals surface area contributed by atoms with Crippen molar-refractivity contribution < 1.29 is 4.79 Å². The summed E-state index contributed by atoms with van der Waals surface area (Å²) in [5, 5.41) is 9.07. The number of halogens is 1. The van der Waals surface area contributed by atoms with Crippen LogP contribution in [0.25, 0.3) is 10.9 Å². The molecule has 0 radical (unpaired) electrons. The number of carbonyl (C=O) groups is 1. The molecule has 2 aromatic rings. The molecule has 2 atom stereocenters. The second-order valence-electron chi connectivity index (χ2n) is 4.83. The first-order valence-corrected chi connectivity index (χ1v) is 6.37. The lowest BCUT2D eigenvalue weighted by atomic mass is 10.0. The lowest BCUT2D eigenvalue weighted by molar-refractivity contribution is -0.109. The number of hydrogen-bond donors (Lipinski definition) is 1. The minimum Gasteiger partial charge on any atom is -0.358 e. The van der Waals surface area contributed by atoms with Crippen LogP contribution in [0, 0.1) is 5.92 Å². The van der Waals surface area contributed by atoms with Crippen molar-refractivity contribution in [3.63, 3.8) is 0 Å². The van der Waals surface area contributed by atoms with Crippen molar-refractivity contribution >= 4 is 28.9 Å². The van der Waals surface area contributed by atoms with Crippen LogP contribution in [0.3, 0.4) is 0 Å². The van der Waals surface area contributed by atoms with E-state index in [4.69, 9.17) is 11.6 Å². The molecule has 0 saturated heterocycles. The van der Waals surface area contributed by atoms with E-state index in [9.17, 15) is 4.79 Å². The van der Waals surface area contributed by atoms with Gasteiger partial charge in [0.2, 0.25) is 6.41 Å². The Morgan fingerprint density at radius 2 is 2.44 bits per heavy atom. The van der Waals surface area contributed by atoms with Gasteiger partial charge in [0.1, 0.15) is 0 Å². The van der Waals surface area contributed by atoms with Crippen LogP contribution in [-0.2, 0) is 11.8 Å². The van der Waals surface area contributed by atoms with Crippen LogP contribution in [0.2, 0.25) is 5.02 Å². The maximum Gasteiger partial charge on any atom is 0.207 e. The second kappa shape index (κ2) is 4.28. The minimum atomic E-state index is 0.442. The zero-order valence-electron chi connectivity index (χ0n) is 10.1. The summed E-state index contributed by atoms with van der Waals surface area (Å²) in [4.78, 5) is 10.3. The van der Waals surface area contributed by atoms with Gasteiger partial charge in [-0.05, 0) is 36.0 Å². The molecule has 0 spiro atoms. The summed E-state index contributed by atoms with van der Waals surface area (Å²) < 4.78 is 1.81. The highest BCUT2D eigenvalue weighted by Crippen LogP contribution is 2.51. The molecule has 4 nitrogen and oxygen atoms in total. The lowest BCUT2D eigenvalue weighted by Gasteiger charge is -2.05. The molecule has 1 aromatic heterocycles. The van der Waals surface area contributed by atoms with Crippen LogP contribution in [0.4, 0.5) is 0 Å². The van der Waals surface area contributed by atoms with Crippen molar-refractivity contribution in [2.24, 2.45) is 13.0 Å². The van der Waals surface area contributed by atoms with E-state index < -0.39 is 0 Å². The summed E-state index contributed by atoms with van der Waals surface area (Å²) in [6.45, 7) is 0.723. The number of nitrogens with one attached hydrogen (secondary N) is 1. The van der Waals surface area contributed by atoms with Crippen molar-refractivity contribution in [3.8, 4) is 0 Å². The predicted octanol–water partition coefficient (Wildman–Crippen LogP) is 2.08. The summed E-state index contributed by atoms with van der Waals surface area (Å²) >= 11 is 6.32. The molecule has 1 aliphatic rings. The standard InChI is InChI=1S/C13H14ClN3O/c1-17-6-10-12(16-17)3-2-11(14)13(10)9-4-8(9)5-15-7-18/h2-3,6-9H,4-5H2,1H3,(H,15,18). The van der Waals surface area contributed by atoms with E-state index in [2.05, 4.69) is 10.4 Å². The molecule has 0 aliphatic heterocycles. The third-order valence-corrected chi connectivity index (χ3v) is 3.88. The van der Waals surface area contributed by atoms with Gasteiger partial charge in [0.25, 0.3) is 0 Å². The molecule has 1 fully saturated rings. The molecule has 0 bridgehead atoms. The Morgan fingerprint density at radius 1 is 1.61 bits per heavy atom. The molecule has 1 amide bonds. The van der Waals surface area contributed by atoms with Gasteiger partial charge in [-0.1, -0.05) is 11.6 Å². The van der Waals surface area contributed by atoms with Crippen LogP contribution in [0.1, 0.15) is 17.9 Å². The summed E-state index contributed by atoms with van der Waals surface area (Å²) in [5.41, 5.74) is 2.16. The summed E-state index contributed by atoms with van der Waals surface area (Å²) in [6, 6.07) is 3.86. The molecule has 94 valence electrons. The summed E-state index contributed by atoms with van der Waals surface area (Å²) in [6.07, 6.45) is 3.84. The molecule has 2 unspecified atom stereocenters. The topological polar surface area (TPSA) is 46.9 Å². The average molecular weight is 264 g/mol. The number of aromatic nitrogens is 2. The third-order valence-electron chi connectivity index (χ3n) is 3.55. The molecule has 5 heteroatoms. The first kappa shape index (κ1) is 11.5. The fourth-order valence-corrected chi connectivity index (χ4v) is 2.91. The van der Waals surface area contributed by atoms with Gasteiger partial charge in [-0.25, -0.2) is 0 Å². The number of nitrogens with zero attached hydrogens (tertiary/aromatic N) is 2. The van der Waals surface area contributed by atoms with Crippen molar-refractivity contribution in [1.29, 1.82) is 0 Å². The van der Waals surface area contributed by atoms with Crippen molar-refractivity contribution in [2.75, 3.05) is 6.54 Å². The fraction of sp³-hybridized carbons (Fsp3) is 0.385. The van der Waals surface area contributed by atoms with Crippen LogP contribution < -0.4 is 5.32 Å². The third kappa shape index (κ3) is 1.86. The van der Waals surface area contributed by atoms with E-state index in [0.29, 0.717) is 11.8 Å². The number of fused-ring (bicyclic) bond motifs is 1. The number of amides is 1. The number of benzene rings is 1. The van der Waals surface area contributed by atoms with Gasteiger partial charge < -0.3 is 5.32 Å². The minimum absolute atomic E-state index is 0.442. The van der Waals surface area contributed by atoms with E-state index in [1.54, 1.807) is 0 Å². The van der Waals surface area contributed by atoms with Crippen LogP contribution in [-0.4, -0.2) is 22.7 Å². The smallest absolute Gasteiger partial charge is 0.207 e. The second-order valence-corrected chi connectivity index (χ2v) is 5.23. The molecule has 3 rings (SSSR count). The highest BCUT2D eigenvalue weighted by molar-refractivity contribution is 6.32. The Balaban J connectivity index is 1.96. The maximum absolute atomic E-state index is 10.3. The number of hydrogen-bond acceptors (Lipinski definition) is 2. The zero-order chi connectivity index (χ0) is 12.7. The molecule has 1 aromatic carbocycles. The Hall–Kier alpha value is -1.55. The van der Waals surface area contributed by atoms with Crippen molar-refractivity contribution in [2.45, 2.75) is 12.3 Å². The number of carbonyl (C=O) groups excluding carboxylic acids is 1. The van der Waals surface area contributed by atoms with Gasteiger partial charge in [-0.2, -0.15) is 5.10 Å². The Bertz CT molecular complexity index is 608. The normalized spacial score (nSPS) is 22.1. The van der Waals surface area contributed by atoms with Crippen LogP contribution in [0.15, 0.2) is 18.3 Å². The van der Waals surface area contributed by atoms with E-state index in [-0.39, 0.29) is 0 Å². The highest BCUT2D eigenvalue weighted by atomic mass is 35.5. The van der Waals surface area contributed by atoms with E-state index >= 15 is 0 Å². The molecular formula is C13H14ClN3O. The van der Waals surface area contributed by atoms with Crippen molar-refractivity contribution in [3.05, 3.63) is 28.9 Å². The van der Waals surface area contributed by atoms with Gasteiger partial charge in [-0.15, -0.1) is 0 Å². The highest BCUT2D eigenvalue weighted by Gasteiger charge is 2.40. The predicted molar refractivity (Wildman–Crippen MR) is 70.6 cm³/mol. The fourth-order valence-electron chi connectivity index (χ4n) is 2.61. The lowest BCUT2D eigenvalue weighted by Crippen LogP contribution is -2.14. The maximum atomic E-state index is 10.3. The van der Waals surface area contributed by atoms with Crippen molar-refractivity contribution in [1.82, 2.24) is 15.1 Å². The zero-order valence-corrected chi connectivity index (χ0v) is 10.8. The monoisotopic (exact) mass is 263 g/mol. The van der Waals surface area contributed by atoms with E-state index in [1.165, 1.54) is 5.56 Å². The van der Waals surface area contributed by atoms with E-state index in [0.717, 1.165) is 35.3 Å². The summed E-state index contributed by atoms with van der Waals surface area (Å²) in [7, 11) is 1.91. The molecule has 1 aliphatic carbocycles. The Morgan fingerprint density at radius 3 is 3.22 bits per heavy atom. The van der Waals surface area contributed by atoms with E-state index in [1.807, 2.05) is 30.1 Å². The van der Waals surface area contributed by atoms with Gasteiger partial charge in [0.05, 0.1) is 5.52 Å². The van der Waals surface area contributed by atoms with Crippen LogP contribution in [0.5, 0.6) is 0 Å². The van der Waals surface area contributed by atoms with Gasteiger partial charge in [0, 0.05) is 30.2 Å². The molecule has 1 saturated carbocycles. The Labute approximate surface area is 110 Å². The van der Waals surface area contributed by atoms with Gasteiger partial charge in [0.15, 0.2) is 0 Å². The molecule has 18 heavy (non-hydrogen) atoms. The molecule has 1 N–H and O–H groups in total. The quantitative estimate of drug-likeness (QED) is 0.859. The number of rotatable bonds is 4. The molecular weight excluding hydrogens is 250 g/mol. The van der Waals surface area contributed by atoms with Gasteiger partial charge >= 0.3 is 0 Å². The first-order valence-electron chi connectivity index (χ1n) is 5.99. The first-order chi connectivity index (χ1) is 8.70. The summed E-state index contributed by atoms with van der Waals surface area (Å²) in [5.74, 6) is 0.941. The average Bonchev–Trinajstić information content (AvgIpc) is 2.99. The van der Waals surface area contributed by atoms with Gasteiger partial charge in [-0.3, -0.25) is 9.48 Å². The number of aryl methyl sites for hydroxylation is 1. The molecule has 1 heterocycles. The Kier molecular flexibility index (Phi) is 2.74. The van der Waals surface area contributed by atoms with Crippen LogP contribution >= 0.6 is 11.6 Å².